The van der Waals surface area contributed by atoms with E-state index in [0.29, 0.717) is 26.2 Å². The molecule has 1 heterocycles. The zero-order valence-electron chi connectivity index (χ0n) is 14.8. The first-order valence-electron chi connectivity index (χ1n) is 8.81. The lowest BCUT2D eigenvalue weighted by Gasteiger charge is -2.34. The maximum absolute atomic E-state index is 13.9. The molecule has 1 N–H and O–H groups in total. The van der Waals surface area contributed by atoms with Crippen LogP contribution in [0, 0.1) is 5.82 Å². The summed E-state index contributed by atoms with van der Waals surface area (Å²) in [6, 6.07) is 13.7. The molecule has 3 rings (SSSR count). The number of nitrogens with zero attached hydrogens (tertiary/aromatic N) is 2. The minimum absolute atomic E-state index is 0.0556. The number of carbonyl (C=O) groups is 2. The highest BCUT2D eigenvalue weighted by Crippen LogP contribution is 2.20. The highest BCUT2D eigenvalue weighted by molar-refractivity contribution is 6.31. The third kappa shape index (κ3) is 5.28. The van der Waals surface area contributed by atoms with Gasteiger partial charge in [-0.25, -0.2) is 4.39 Å². The number of amides is 2. The average Bonchev–Trinajstić information content (AvgIpc) is 2.66. The number of anilines is 1. The summed E-state index contributed by atoms with van der Waals surface area (Å²) in [6.07, 6.45) is -0.0556. The summed E-state index contributed by atoms with van der Waals surface area (Å²) >= 11 is 6.00. The molecule has 0 unspecified atom stereocenters. The Morgan fingerprint density at radius 3 is 2.37 bits per heavy atom. The lowest BCUT2D eigenvalue weighted by atomic mass is 10.1. The highest BCUT2D eigenvalue weighted by Gasteiger charge is 2.23. The van der Waals surface area contributed by atoms with Crippen molar-refractivity contribution in [2.45, 2.75) is 6.42 Å². The molecule has 0 atom stereocenters. The Balaban J connectivity index is 1.47. The average molecular weight is 390 g/mol. The zero-order valence-corrected chi connectivity index (χ0v) is 15.6. The van der Waals surface area contributed by atoms with E-state index in [4.69, 9.17) is 11.6 Å². The second-order valence-electron chi connectivity index (χ2n) is 6.45. The van der Waals surface area contributed by atoms with Gasteiger partial charge in [-0.15, -0.1) is 0 Å². The van der Waals surface area contributed by atoms with Crippen molar-refractivity contribution in [2.75, 3.05) is 38.0 Å². The van der Waals surface area contributed by atoms with Crippen molar-refractivity contribution in [3.05, 3.63) is 64.9 Å². The maximum atomic E-state index is 13.9. The molecule has 0 spiro atoms. The van der Waals surface area contributed by atoms with Gasteiger partial charge in [-0.3, -0.25) is 14.5 Å². The summed E-state index contributed by atoms with van der Waals surface area (Å²) in [7, 11) is 0. The predicted molar refractivity (Wildman–Crippen MR) is 103 cm³/mol. The van der Waals surface area contributed by atoms with Crippen LogP contribution in [0.5, 0.6) is 0 Å². The van der Waals surface area contributed by atoms with E-state index in [9.17, 15) is 14.0 Å². The molecule has 1 saturated heterocycles. The van der Waals surface area contributed by atoms with E-state index >= 15 is 0 Å². The quantitative estimate of drug-likeness (QED) is 0.855. The van der Waals surface area contributed by atoms with Crippen molar-refractivity contribution in [3.8, 4) is 0 Å². The first-order valence-corrected chi connectivity index (χ1v) is 9.18. The van der Waals surface area contributed by atoms with Crippen molar-refractivity contribution in [1.29, 1.82) is 0 Å². The number of nitrogens with one attached hydrogen (secondary N) is 1. The van der Waals surface area contributed by atoms with Gasteiger partial charge in [-0.1, -0.05) is 35.9 Å². The lowest BCUT2D eigenvalue weighted by Crippen LogP contribution is -2.50. The molecule has 0 aromatic heterocycles. The minimum Gasteiger partial charge on any atom is -0.340 e. The van der Waals surface area contributed by atoms with Crippen LogP contribution in [-0.4, -0.2) is 54.3 Å². The van der Waals surface area contributed by atoms with Gasteiger partial charge in [0, 0.05) is 42.5 Å². The fourth-order valence-corrected chi connectivity index (χ4v) is 3.27. The molecule has 142 valence electrons. The summed E-state index contributed by atoms with van der Waals surface area (Å²) in [5, 5.41) is 3.11. The molecule has 0 saturated carbocycles. The Bertz CT molecular complexity index is 788. The maximum Gasteiger partial charge on any atom is 0.238 e. The third-order valence-electron chi connectivity index (χ3n) is 4.54. The van der Waals surface area contributed by atoms with Crippen molar-refractivity contribution < 1.29 is 14.0 Å². The topological polar surface area (TPSA) is 52.7 Å². The largest absolute Gasteiger partial charge is 0.340 e. The van der Waals surface area contributed by atoms with Crippen LogP contribution >= 0.6 is 11.6 Å². The predicted octanol–water partition coefficient (Wildman–Crippen LogP) is 2.80. The van der Waals surface area contributed by atoms with Crippen molar-refractivity contribution in [3.63, 3.8) is 0 Å². The van der Waals surface area contributed by atoms with Crippen LogP contribution in [0.3, 0.4) is 0 Å². The molecule has 7 heteroatoms. The summed E-state index contributed by atoms with van der Waals surface area (Å²) in [6.45, 7) is 2.47. The third-order valence-corrected chi connectivity index (χ3v) is 4.89. The molecule has 0 bridgehead atoms. The van der Waals surface area contributed by atoms with Gasteiger partial charge in [-0.05, 0) is 24.3 Å². The number of benzene rings is 2. The van der Waals surface area contributed by atoms with Gasteiger partial charge in [0.15, 0.2) is 0 Å². The van der Waals surface area contributed by atoms with Gasteiger partial charge in [0.1, 0.15) is 5.82 Å². The van der Waals surface area contributed by atoms with E-state index < -0.39 is 5.82 Å². The number of halogens is 2. The normalized spacial score (nSPS) is 14.8. The monoisotopic (exact) mass is 389 g/mol. The summed E-state index contributed by atoms with van der Waals surface area (Å²) in [5.41, 5.74) is 0.993. The second-order valence-corrected chi connectivity index (χ2v) is 6.86. The van der Waals surface area contributed by atoms with Crippen LogP contribution in [0.4, 0.5) is 10.1 Å². The summed E-state index contributed by atoms with van der Waals surface area (Å²) in [4.78, 5) is 28.3. The Kier molecular flexibility index (Phi) is 6.42. The Labute approximate surface area is 162 Å². The van der Waals surface area contributed by atoms with E-state index in [1.807, 2.05) is 35.2 Å². The number of carbonyl (C=O) groups excluding carboxylic acids is 2. The van der Waals surface area contributed by atoms with E-state index in [1.165, 1.54) is 12.1 Å². The van der Waals surface area contributed by atoms with Gasteiger partial charge in [0.05, 0.1) is 13.0 Å². The molecule has 1 aliphatic rings. The van der Waals surface area contributed by atoms with Gasteiger partial charge >= 0.3 is 0 Å². The zero-order chi connectivity index (χ0) is 19.2. The fourth-order valence-electron chi connectivity index (χ4n) is 3.04. The van der Waals surface area contributed by atoms with E-state index in [2.05, 4.69) is 5.32 Å². The highest BCUT2D eigenvalue weighted by atomic mass is 35.5. The minimum atomic E-state index is -0.466. The molecule has 5 nitrogen and oxygen atoms in total. The van der Waals surface area contributed by atoms with Crippen LogP contribution in [0.1, 0.15) is 5.56 Å². The van der Waals surface area contributed by atoms with Crippen molar-refractivity contribution in [1.82, 2.24) is 9.80 Å². The van der Waals surface area contributed by atoms with Crippen LogP contribution in [-0.2, 0) is 16.0 Å². The Hall–Kier alpha value is -2.44. The van der Waals surface area contributed by atoms with E-state index in [-0.39, 0.29) is 35.4 Å². The smallest absolute Gasteiger partial charge is 0.238 e. The van der Waals surface area contributed by atoms with Gasteiger partial charge < -0.3 is 10.2 Å². The van der Waals surface area contributed by atoms with Crippen LogP contribution in [0.2, 0.25) is 5.02 Å². The van der Waals surface area contributed by atoms with E-state index in [1.54, 1.807) is 11.0 Å². The standard InChI is InChI=1S/C20H21ClFN3O2/c21-17-7-4-8-18(22)16(17)13-20(27)25-11-9-24(10-12-25)14-19(26)23-15-5-2-1-3-6-15/h1-8H,9-14H2,(H,23,26). The van der Waals surface area contributed by atoms with Crippen LogP contribution in [0.25, 0.3) is 0 Å². The summed E-state index contributed by atoms with van der Waals surface area (Å²) in [5.74, 6) is -0.707. The SMILES string of the molecule is O=C(CN1CCN(C(=O)Cc2c(F)cccc2Cl)CC1)Nc1ccccc1. The van der Waals surface area contributed by atoms with Crippen LogP contribution in [0.15, 0.2) is 48.5 Å². The molecule has 2 aromatic rings. The number of rotatable bonds is 5. The molecular weight excluding hydrogens is 369 g/mol. The number of piperazine rings is 1. The van der Waals surface area contributed by atoms with Crippen molar-refractivity contribution in [2.24, 2.45) is 0 Å². The Morgan fingerprint density at radius 1 is 1.00 bits per heavy atom. The fraction of sp³-hybridized carbons (Fsp3) is 0.300. The first-order chi connectivity index (χ1) is 13.0. The lowest BCUT2D eigenvalue weighted by molar-refractivity contribution is -0.132. The molecule has 2 aromatic carbocycles. The van der Waals surface area contributed by atoms with Crippen LogP contribution < -0.4 is 5.32 Å². The second kappa shape index (κ2) is 8.97. The molecule has 1 aliphatic heterocycles. The molecule has 27 heavy (non-hydrogen) atoms. The number of para-hydroxylation sites is 1. The van der Waals surface area contributed by atoms with Gasteiger partial charge in [0.2, 0.25) is 11.8 Å². The van der Waals surface area contributed by atoms with Crippen molar-refractivity contribution >= 4 is 29.1 Å². The van der Waals surface area contributed by atoms with E-state index in [0.717, 1.165) is 5.69 Å². The van der Waals surface area contributed by atoms with Gasteiger partial charge in [0.25, 0.3) is 0 Å². The number of hydrogen-bond donors (Lipinski definition) is 1. The number of hydrogen-bond acceptors (Lipinski definition) is 3. The molecular formula is C20H21ClFN3O2. The molecule has 2 amide bonds. The summed E-state index contributed by atoms with van der Waals surface area (Å²) < 4.78 is 13.9. The molecule has 1 fully saturated rings. The molecule has 0 aliphatic carbocycles. The molecule has 0 radical (unpaired) electrons. The Morgan fingerprint density at radius 2 is 1.70 bits per heavy atom. The first kappa shape index (κ1) is 19.3. The van der Waals surface area contributed by atoms with Gasteiger partial charge in [-0.2, -0.15) is 0 Å².